The third-order valence-electron chi connectivity index (χ3n) is 4.26. The minimum atomic E-state index is -3.03. The van der Waals surface area contributed by atoms with Crippen molar-refractivity contribution in [3.05, 3.63) is 68.9 Å². The van der Waals surface area contributed by atoms with E-state index < -0.39 is 23.8 Å². The maximum atomic E-state index is 12.4. The van der Waals surface area contributed by atoms with Crippen LogP contribution in [-0.4, -0.2) is 35.8 Å². The summed E-state index contributed by atoms with van der Waals surface area (Å²) in [5.74, 6) is -0.963. The summed E-state index contributed by atoms with van der Waals surface area (Å²) < 4.78 is 40.1. The summed E-state index contributed by atoms with van der Waals surface area (Å²) in [4.78, 5) is 39.3. The smallest absolute Gasteiger partial charge is 0.387 e. The number of hydrogen-bond acceptors (Lipinski definition) is 6. The van der Waals surface area contributed by atoms with E-state index in [9.17, 15) is 23.2 Å². The molecule has 0 aliphatic rings. The number of fused-ring (bicyclic) bond motifs is 1. The number of ether oxygens (including phenoxy) is 3. The van der Waals surface area contributed by atoms with Crippen LogP contribution >= 0.6 is 0 Å². The molecule has 3 rings (SSSR count). The average molecular weight is 420 g/mol. The first-order valence-corrected chi connectivity index (χ1v) is 8.92. The number of esters is 1. The number of aromatic nitrogens is 2. The SMILES string of the molecule is COc1cc(C(=O)OCCCn2c(=O)[nH]c3ccccc3c2=O)ccc1OC(F)F. The van der Waals surface area contributed by atoms with Gasteiger partial charge in [-0.15, -0.1) is 0 Å². The Kier molecular flexibility index (Phi) is 6.45. The standard InChI is InChI=1S/C20H18F2N2O6/c1-28-16-11-12(7-8-15(16)30-19(21)22)18(26)29-10-4-9-24-17(25)13-5-2-3-6-14(13)23-20(24)27/h2-3,5-8,11,19H,4,9-10H2,1H3,(H,23,27). The molecule has 1 heterocycles. The molecule has 158 valence electrons. The van der Waals surface area contributed by atoms with Crippen LogP contribution in [0, 0.1) is 0 Å². The molecule has 0 aliphatic heterocycles. The molecular formula is C20H18F2N2O6. The molecule has 0 aliphatic carbocycles. The fourth-order valence-corrected chi connectivity index (χ4v) is 2.86. The summed E-state index contributed by atoms with van der Waals surface area (Å²) in [7, 11) is 1.25. The van der Waals surface area contributed by atoms with E-state index in [1.807, 2.05) is 0 Å². The number of methoxy groups -OCH3 is 1. The van der Waals surface area contributed by atoms with Gasteiger partial charge < -0.3 is 19.2 Å². The van der Waals surface area contributed by atoms with Gasteiger partial charge in [-0.05, 0) is 36.8 Å². The Labute approximate surface area is 168 Å². The van der Waals surface area contributed by atoms with Crippen molar-refractivity contribution in [1.29, 1.82) is 0 Å². The fraction of sp³-hybridized carbons (Fsp3) is 0.250. The summed E-state index contributed by atoms with van der Waals surface area (Å²) in [5, 5.41) is 0.382. The zero-order valence-corrected chi connectivity index (χ0v) is 15.9. The largest absolute Gasteiger partial charge is 0.493 e. The average Bonchev–Trinajstić information content (AvgIpc) is 2.72. The molecule has 10 heteroatoms. The molecule has 0 radical (unpaired) electrons. The van der Waals surface area contributed by atoms with Crippen LogP contribution in [0.2, 0.25) is 0 Å². The van der Waals surface area contributed by atoms with Gasteiger partial charge in [0.05, 0.1) is 30.2 Å². The van der Waals surface area contributed by atoms with E-state index >= 15 is 0 Å². The highest BCUT2D eigenvalue weighted by atomic mass is 19.3. The van der Waals surface area contributed by atoms with Gasteiger partial charge in [-0.1, -0.05) is 12.1 Å². The Bertz CT molecular complexity index is 1170. The molecule has 1 N–H and O–H groups in total. The molecule has 3 aromatic rings. The van der Waals surface area contributed by atoms with Gasteiger partial charge in [0.1, 0.15) is 0 Å². The number of para-hydroxylation sites is 1. The van der Waals surface area contributed by atoms with Crippen molar-refractivity contribution in [3.8, 4) is 11.5 Å². The molecule has 0 fully saturated rings. The number of alkyl halides is 2. The summed E-state index contributed by atoms with van der Waals surface area (Å²) in [6.07, 6.45) is 0.219. The Hall–Kier alpha value is -3.69. The minimum Gasteiger partial charge on any atom is -0.493 e. The molecule has 2 aromatic carbocycles. The van der Waals surface area contributed by atoms with Crippen LogP contribution in [-0.2, 0) is 11.3 Å². The first-order chi connectivity index (χ1) is 14.4. The second-order valence-electron chi connectivity index (χ2n) is 6.17. The number of nitrogens with zero attached hydrogens (tertiary/aromatic N) is 1. The van der Waals surface area contributed by atoms with Crippen molar-refractivity contribution in [2.24, 2.45) is 0 Å². The van der Waals surface area contributed by atoms with Gasteiger partial charge in [0.25, 0.3) is 5.56 Å². The van der Waals surface area contributed by atoms with Crippen LogP contribution in [0.15, 0.2) is 52.1 Å². The Balaban J connectivity index is 1.62. The lowest BCUT2D eigenvalue weighted by molar-refractivity contribution is -0.0512. The summed E-state index contributed by atoms with van der Waals surface area (Å²) in [6.45, 7) is -3.04. The highest BCUT2D eigenvalue weighted by Crippen LogP contribution is 2.29. The van der Waals surface area contributed by atoms with Gasteiger partial charge in [-0.25, -0.2) is 9.59 Å². The number of hydrogen-bond donors (Lipinski definition) is 1. The summed E-state index contributed by atoms with van der Waals surface area (Å²) >= 11 is 0. The van der Waals surface area contributed by atoms with E-state index in [1.165, 1.54) is 25.3 Å². The third kappa shape index (κ3) is 4.65. The van der Waals surface area contributed by atoms with Crippen molar-refractivity contribution >= 4 is 16.9 Å². The van der Waals surface area contributed by atoms with Crippen molar-refractivity contribution < 1.29 is 27.8 Å². The second kappa shape index (κ2) is 9.21. The van der Waals surface area contributed by atoms with Gasteiger partial charge in [0, 0.05) is 6.54 Å². The molecule has 0 amide bonds. The molecule has 0 saturated heterocycles. The lowest BCUT2D eigenvalue weighted by Crippen LogP contribution is -2.35. The van der Waals surface area contributed by atoms with E-state index in [0.29, 0.717) is 10.9 Å². The highest BCUT2D eigenvalue weighted by Gasteiger charge is 2.15. The molecule has 1 aromatic heterocycles. The molecular weight excluding hydrogens is 402 g/mol. The number of halogens is 2. The topological polar surface area (TPSA) is 99.6 Å². The van der Waals surface area contributed by atoms with E-state index in [-0.39, 0.29) is 36.6 Å². The van der Waals surface area contributed by atoms with Crippen LogP contribution < -0.4 is 20.7 Å². The molecule has 0 atom stereocenters. The number of nitrogens with one attached hydrogen (secondary N) is 1. The minimum absolute atomic E-state index is 0.0426. The predicted molar refractivity (Wildman–Crippen MR) is 103 cm³/mol. The number of carbonyl (C=O) groups is 1. The van der Waals surface area contributed by atoms with Crippen LogP contribution in [0.4, 0.5) is 8.78 Å². The summed E-state index contributed by atoms with van der Waals surface area (Å²) in [6, 6.07) is 10.3. The van der Waals surface area contributed by atoms with Crippen LogP contribution in [0.25, 0.3) is 10.9 Å². The highest BCUT2D eigenvalue weighted by molar-refractivity contribution is 5.90. The molecule has 30 heavy (non-hydrogen) atoms. The van der Waals surface area contributed by atoms with Gasteiger partial charge in [0.15, 0.2) is 11.5 Å². The van der Waals surface area contributed by atoms with E-state index in [2.05, 4.69) is 9.72 Å². The Morgan fingerprint density at radius 1 is 1.13 bits per heavy atom. The van der Waals surface area contributed by atoms with Gasteiger partial charge in [0.2, 0.25) is 0 Å². The van der Waals surface area contributed by atoms with Gasteiger partial charge >= 0.3 is 18.3 Å². The monoisotopic (exact) mass is 420 g/mol. The maximum Gasteiger partial charge on any atom is 0.387 e. The molecule has 0 bridgehead atoms. The number of H-pyrrole nitrogens is 1. The number of carbonyl (C=O) groups excluding carboxylic acids is 1. The Morgan fingerprint density at radius 3 is 2.63 bits per heavy atom. The lowest BCUT2D eigenvalue weighted by Gasteiger charge is -2.11. The fourth-order valence-electron chi connectivity index (χ4n) is 2.86. The molecule has 0 spiro atoms. The van der Waals surface area contributed by atoms with Crippen LogP contribution in [0.5, 0.6) is 11.5 Å². The zero-order valence-electron chi connectivity index (χ0n) is 15.9. The van der Waals surface area contributed by atoms with Crippen LogP contribution in [0.3, 0.4) is 0 Å². The molecule has 0 unspecified atom stereocenters. The lowest BCUT2D eigenvalue weighted by atomic mass is 10.2. The number of rotatable bonds is 8. The number of benzene rings is 2. The van der Waals surface area contributed by atoms with E-state index in [4.69, 9.17) is 9.47 Å². The van der Waals surface area contributed by atoms with Crippen molar-refractivity contribution in [2.45, 2.75) is 19.6 Å². The second-order valence-corrected chi connectivity index (χ2v) is 6.17. The van der Waals surface area contributed by atoms with Crippen molar-refractivity contribution in [1.82, 2.24) is 9.55 Å². The van der Waals surface area contributed by atoms with E-state index in [1.54, 1.807) is 24.3 Å². The zero-order chi connectivity index (χ0) is 21.7. The first-order valence-electron chi connectivity index (χ1n) is 8.92. The van der Waals surface area contributed by atoms with Crippen molar-refractivity contribution in [3.63, 3.8) is 0 Å². The maximum absolute atomic E-state index is 12.4. The third-order valence-corrected chi connectivity index (χ3v) is 4.26. The Morgan fingerprint density at radius 2 is 1.90 bits per heavy atom. The predicted octanol–water partition coefficient (Wildman–Crippen LogP) is 2.55. The molecule has 0 saturated carbocycles. The van der Waals surface area contributed by atoms with Crippen LogP contribution in [0.1, 0.15) is 16.8 Å². The van der Waals surface area contributed by atoms with E-state index in [0.717, 1.165) is 4.57 Å². The summed E-state index contributed by atoms with van der Waals surface area (Å²) in [5.41, 5.74) is -0.456. The normalized spacial score (nSPS) is 10.9. The van der Waals surface area contributed by atoms with Crippen molar-refractivity contribution in [2.75, 3.05) is 13.7 Å². The van der Waals surface area contributed by atoms with Gasteiger partial charge in [-0.3, -0.25) is 9.36 Å². The van der Waals surface area contributed by atoms with Gasteiger partial charge in [-0.2, -0.15) is 8.78 Å². The quantitative estimate of drug-likeness (QED) is 0.444. The first kappa shape index (κ1) is 21.0. The molecule has 8 nitrogen and oxygen atoms in total. The number of aromatic amines is 1.